The Morgan fingerprint density at radius 1 is 1.31 bits per heavy atom. The van der Waals surface area contributed by atoms with Crippen LogP contribution in [0.15, 0.2) is 53.7 Å². The summed E-state index contributed by atoms with van der Waals surface area (Å²) in [6.07, 6.45) is -6.97. The van der Waals surface area contributed by atoms with Crippen LogP contribution in [0.1, 0.15) is 62.8 Å². The maximum atomic E-state index is 12.4. The number of hydrogen-bond acceptors (Lipinski definition) is 5. The van der Waals surface area contributed by atoms with E-state index in [4.69, 9.17) is 20.8 Å². The average Bonchev–Trinajstić information content (AvgIpc) is 3.28. The van der Waals surface area contributed by atoms with Gasteiger partial charge in [-0.3, -0.25) is 4.79 Å². The van der Waals surface area contributed by atoms with Gasteiger partial charge in [-0.2, -0.15) is 0 Å². The average molecular weight is 421 g/mol. The van der Waals surface area contributed by atoms with Crippen LogP contribution in [0.4, 0.5) is 10.8 Å². The SMILES string of the molecule is [2H]c1c([2H])c([C@@]([2H])(O)CCC([2H])([2H])Cc2c([2H])c([2H])c(NC(=O)Cc3csc(N)n3)c([2H])c2[2H])c([2H])c([2H])c1C. The molecule has 2 aromatic carbocycles. The van der Waals surface area contributed by atoms with E-state index in [1.807, 2.05) is 0 Å². The van der Waals surface area contributed by atoms with Crippen LogP contribution in [-0.4, -0.2) is 16.0 Å². The Morgan fingerprint density at radius 2 is 2.03 bits per heavy atom. The minimum atomic E-state index is -2.67. The zero-order valence-electron chi connectivity index (χ0n) is 26.7. The minimum absolute atomic E-state index is 0.0423. The molecule has 0 saturated carbocycles. The molecule has 1 atom stereocenters. The molecular formula is C23H27N3O2S. The molecule has 1 heterocycles. The van der Waals surface area contributed by atoms with Gasteiger partial charge in [0.1, 0.15) is 0 Å². The fourth-order valence-corrected chi connectivity index (χ4v) is 2.87. The highest BCUT2D eigenvalue weighted by Crippen LogP contribution is 2.21. The lowest BCUT2D eigenvalue weighted by atomic mass is 10.0. The lowest BCUT2D eigenvalue weighted by molar-refractivity contribution is -0.115. The van der Waals surface area contributed by atoms with E-state index in [9.17, 15) is 9.90 Å². The van der Waals surface area contributed by atoms with Gasteiger partial charge >= 0.3 is 0 Å². The van der Waals surface area contributed by atoms with Crippen molar-refractivity contribution >= 4 is 28.1 Å². The van der Waals surface area contributed by atoms with Gasteiger partial charge in [-0.1, -0.05) is 48.2 Å². The first-order valence-corrected chi connectivity index (χ1v) is 9.64. The topological polar surface area (TPSA) is 88.2 Å². The van der Waals surface area contributed by atoms with Crippen molar-refractivity contribution in [3.05, 3.63) is 76.1 Å². The monoisotopic (exact) mass is 420 g/mol. The summed E-state index contributed by atoms with van der Waals surface area (Å²) in [5, 5.41) is 14.9. The summed E-state index contributed by atoms with van der Waals surface area (Å²) in [6, 6.07) is -4.36. The maximum absolute atomic E-state index is 12.4. The first kappa shape index (κ1) is 10.9. The zero-order valence-corrected chi connectivity index (χ0v) is 16.5. The van der Waals surface area contributed by atoms with E-state index in [2.05, 4.69) is 10.3 Å². The molecule has 0 aliphatic heterocycles. The summed E-state index contributed by atoms with van der Waals surface area (Å²) in [5.41, 5.74) is 4.71. The number of nitrogen functional groups attached to an aromatic ring is 1. The molecule has 0 aliphatic rings. The van der Waals surface area contributed by atoms with Crippen LogP contribution < -0.4 is 11.1 Å². The molecule has 3 rings (SSSR count). The van der Waals surface area contributed by atoms with Gasteiger partial charge in [0.15, 0.2) is 5.13 Å². The molecule has 6 heteroatoms. The molecule has 29 heavy (non-hydrogen) atoms. The number of thiazole rings is 1. The molecule has 0 saturated heterocycles. The van der Waals surface area contributed by atoms with Crippen molar-refractivity contribution in [2.45, 2.75) is 45.1 Å². The van der Waals surface area contributed by atoms with E-state index < -0.39 is 91.5 Å². The maximum Gasteiger partial charge on any atom is 0.230 e. The van der Waals surface area contributed by atoms with Crippen LogP contribution in [-0.2, 0) is 17.6 Å². The van der Waals surface area contributed by atoms with Crippen molar-refractivity contribution in [3.63, 3.8) is 0 Å². The van der Waals surface area contributed by atoms with Gasteiger partial charge in [-0.15, -0.1) is 11.3 Å². The molecule has 0 fully saturated rings. The highest BCUT2D eigenvalue weighted by atomic mass is 32.1. The number of anilines is 2. The molecule has 0 aliphatic carbocycles. The van der Waals surface area contributed by atoms with E-state index in [0.717, 1.165) is 11.3 Å². The number of nitrogens with zero attached hydrogens (tertiary/aromatic N) is 1. The van der Waals surface area contributed by atoms with Gasteiger partial charge in [0.2, 0.25) is 5.91 Å². The smallest absolute Gasteiger partial charge is 0.230 e. The number of aliphatic hydroxyl groups is 1. The number of amides is 1. The molecule has 1 aromatic heterocycles. The van der Waals surface area contributed by atoms with E-state index in [1.54, 1.807) is 5.38 Å². The number of rotatable bonds is 9. The van der Waals surface area contributed by atoms with E-state index in [-0.39, 0.29) is 28.4 Å². The number of nitrogens with one attached hydrogen (secondary N) is 1. The van der Waals surface area contributed by atoms with Crippen LogP contribution in [0.2, 0.25) is 0 Å². The minimum Gasteiger partial charge on any atom is -0.388 e. The Labute approximate surface area is 191 Å². The normalized spacial score (nSPS) is 18.9. The Hall–Kier alpha value is -2.70. The van der Waals surface area contributed by atoms with Crippen LogP contribution in [0.3, 0.4) is 0 Å². The van der Waals surface area contributed by atoms with Crippen molar-refractivity contribution < 1.29 is 25.0 Å². The molecule has 0 unspecified atom stereocenters. The van der Waals surface area contributed by atoms with Crippen LogP contribution in [0.5, 0.6) is 0 Å². The summed E-state index contributed by atoms with van der Waals surface area (Å²) in [7, 11) is 0. The molecule has 0 radical (unpaired) electrons. The van der Waals surface area contributed by atoms with Crippen molar-refractivity contribution in [2.75, 3.05) is 11.1 Å². The quantitative estimate of drug-likeness (QED) is 0.470. The second-order valence-corrected chi connectivity index (χ2v) is 7.02. The number of nitrogens with two attached hydrogens (primary N) is 1. The Morgan fingerprint density at radius 3 is 2.69 bits per heavy atom. The lowest BCUT2D eigenvalue weighted by Gasteiger charge is -2.11. The van der Waals surface area contributed by atoms with E-state index >= 15 is 0 Å². The summed E-state index contributed by atoms with van der Waals surface area (Å²) >= 11 is 1.13. The highest BCUT2D eigenvalue weighted by molar-refractivity contribution is 7.13. The Bertz CT molecular complexity index is 1420. The number of hydrogen-bond donors (Lipinski definition) is 3. The van der Waals surface area contributed by atoms with Crippen molar-refractivity contribution in [2.24, 2.45) is 0 Å². The Balaban J connectivity index is 1.82. The zero-order chi connectivity index (χ0) is 30.3. The van der Waals surface area contributed by atoms with Gasteiger partial charge in [0.25, 0.3) is 0 Å². The first-order chi connectivity index (χ1) is 18.4. The molecule has 4 N–H and O–H groups in total. The van der Waals surface area contributed by atoms with Gasteiger partial charge < -0.3 is 16.2 Å². The predicted molar refractivity (Wildman–Crippen MR) is 119 cm³/mol. The predicted octanol–water partition coefficient (Wildman–Crippen LogP) is 4.66. The van der Waals surface area contributed by atoms with Gasteiger partial charge in [0.05, 0.1) is 30.5 Å². The van der Waals surface area contributed by atoms with Crippen LogP contribution in [0.25, 0.3) is 0 Å². The van der Waals surface area contributed by atoms with Crippen LogP contribution in [0, 0.1) is 6.92 Å². The largest absolute Gasteiger partial charge is 0.388 e. The fourth-order valence-electron chi connectivity index (χ4n) is 2.31. The third-order valence-electron chi connectivity index (χ3n) is 3.73. The number of aromatic nitrogens is 1. The number of carbonyl (C=O) groups excluding carboxylic acids is 1. The molecule has 0 bridgehead atoms. The molecular weight excluding hydrogens is 382 g/mol. The molecule has 3 aromatic rings. The standard InChI is InChI=1S/C23H27N3O2S/c1-16-6-10-18(11-7-16)21(27)5-3-2-4-17-8-12-19(13-9-17)25-22(28)14-20-15-29-23(24)26-20/h6-13,15,21,27H,2-5,14H2,1H3,(H2,24,26)(H,25,28)/t21-/m0/s1/i2D2,6D,7D,8D,9D,10D,11D,12D,13D,21D. The van der Waals surface area contributed by atoms with Gasteiger partial charge in [-0.05, 0) is 49.4 Å². The third-order valence-corrected chi connectivity index (χ3v) is 4.45. The third kappa shape index (κ3) is 6.69. The van der Waals surface area contributed by atoms with Gasteiger partial charge in [-0.25, -0.2) is 4.98 Å². The molecule has 0 spiro atoms. The molecule has 5 nitrogen and oxygen atoms in total. The summed E-state index contributed by atoms with van der Waals surface area (Å²) < 4.78 is 90.3. The van der Waals surface area contributed by atoms with Crippen LogP contribution >= 0.6 is 11.3 Å². The van der Waals surface area contributed by atoms with Crippen molar-refractivity contribution in [3.8, 4) is 0 Å². The Kier molecular flexibility index (Phi) is 3.83. The van der Waals surface area contributed by atoms with Crippen molar-refractivity contribution in [1.29, 1.82) is 0 Å². The fraction of sp³-hybridized carbons (Fsp3) is 0.304. The second kappa shape index (κ2) is 10.2. The molecule has 152 valence electrons. The highest BCUT2D eigenvalue weighted by Gasteiger charge is 2.08. The van der Waals surface area contributed by atoms with E-state index in [1.165, 1.54) is 6.92 Å². The number of carbonyl (C=O) groups is 1. The van der Waals surface area contributed by atoms with E-state index in [0.29, 0.717) is 5.69 Å². The summed E-state index contributed by atoms with van der Waals surface area (Å²) in [4.78, 5) is 16.4. The summed E-state index contributed by atoms with van der Waals surface area (Å²) in [5.74, 6) is -0.644. The first-order valence-electron chi connectivity index (χ1n) is 14.3. The molecule has 1 amide bonds. The lowest BCUT2D eigenvalue weighted by Crippen LogP contribution is -2.14. The van der Waals surface area contributed by atoms with Gasteiger partial charge in [0, 0.05) is 13.8 Å². The summed E-state index contributed by atoms with van der Waals surface area (Å²) in [6.45, 7) is 1.37. The second-order valence-electron chi connectivity index (χ2n) is 6.13. The van der Waals surface area contributed by atoms with Crippen molar-refractivity contribution in [1.82, 2.24) is 4.98 Å². The number of benzene rings is 2.